The highest BCUT2D eigenvalue weighted by Crippen LogP contribution is 2.44. The minimum Gasteiger partial charge on any atom is -0.494 e. The lowest BCUT2D eigenvalue weighted by Gasteiger charge is -2.29. The lowest BCUT2D eigenvalue weighted by molar-refractivity contribution is -0.115. The second kappa shape index (κ2) is 11.6. The van der Waals surface area contributed by atoms with E-state index in [0.29, 0.717) is 34.2 Å². The minimum absolute atomic E-state index is 0.111. The first kappa shape index (κ1) is 26.9. The molecule has 5 rings (SSSR count). The summed E-state index contributed by atoms with van der Waals surface area (Å²) < 4.78 is 12.7. The van der Waals surface area contributed by atoms with Gasteiger partial charge in [-0.3, -0.25) is 9.78 Å². The Balaban J connectivity index is 1.66. The summed E-state index contributed by atoms with van der Waals surface area (Å²) >= 11 is 5.89. The Morgan fingerprint density at radius 2 is 1.85 bits per heavy atom. The van der Waals surface area contributed by atoms with Crippen LogP contribution in [0.25, 0.3) is 5.69 Å². The van der Waals surface area contributed by atoms with Gasteiger partial charge >= 0.3 is 5.97 Å². The van der Waals surface area contributed by atoms with Crippen molar-refractivity contribution in [3.63, 3.8) is 0 Å². The van der Waals surface area contributed by atoms with Gasteiger partial charge in [0.05, 0.1) is 42.9 Å². The van der Waals surface area contributed by atoms with Crippen molar-refractivity contribution in [3.8, 4) is 11.4 Å². The van der Waals surface area contributed by atoms with E-state index in [1.54, 1.807) is 38.4 Å². The highest BCUT2D eigenvalue weighted by Gasteiger charge is 2.42. The first-order chi connectivity index (χ1) is 19.5. The number of ether oxygens (including phenoxy) is 2. The quantitative estimate of drug-likeness (QED) is 0.226. The molecule has 2 aromatic heterocycles. The molecule has 0 aliphatic carbocycles. The van der Waals surface area contributed by atoms with E-state index in [2.05, 4.69) is 15.6 Å². The fourth-order valence-electron chi connectivity index (χ4n) is 4.93. The number of nitrogens with one attached hydrogen (secondary N) is 2. The normalized spacial score (nSPS) is 16.4. The van der Waals surface area contributed by atoms with Crippen molar-refractivity contribution in [2.45, 2.75) is 25.4 Å². The number of carbonyl (C=O) groups excluding carboxylic acids is 2. The molecular weight excluding hydrogens is 526 g/mol. The van der Waals surface area contributed by atoms with Crippen LogP contribution >= 0.6 is 12.2 Å². The van der Waals surface area contributed by atoms with Gasteiger partial charge in [-0.25, -0.2) is 4.79 Å². The summed E-state index contributed by atoms with van der Waals surface area (Å²) in [6, 6.07) is 21.9. The molecule has 9 nitrogen and oxygen atoms in total. The zero-order valence-corrected chi connectivity index (χ0v) is 23.1. The van der Waals surface area contributed by atoms with E-state index in [-0.39, 0.29) is 18.0 Å². The molecule has 1 fully saturated rings. The van der Waals surface area contributed by atoms with Gasteiger partial charge < -0.3 is 29.6 Å². The van der Waals surface area contributed by atoms with Gasteiger partial charge in [0.2, 0.25) is 5.91 Å². The number of aromatic nitrogens is 2. The van der Waals surface area contributed by atoms with Crippen molar-refractivity contribution in [1.29, 1.82) is 0 Å². The Morgan fingerprint density at radius 3 is 2.58 bits per heavy atom. The molecule has 2 aromatic carbocycles. The molecule has 204 valence electrons. The second-order valence-electron chi connectivity index (χ2n) is 9.09. The Hall–Kier alpha value is -4.70. The molecule has 0 saturated carbocycles. The van der Waals surface area contributed by atoms with E-state index < -0.39 is 5.97 Å². The molecule has 1 saturated heterocycles. The van der Waals surface area contributed by atoms with Crippen molar-refractivity contribution in [3.05, 3.63) is 102 Å². The van der Waals surface area contributed by atoms with Gasteiger partial charge in [0.1, 0.15) is 11.8 Å². The van der Waals surface area contributed by atoms with Gasteiger partial charge in [0, 0.05) is 36.3 Å². The van der Waals surface area contributed by atoms with Crippen molar-refractivity contribution in [2.75, 3.05) is 24.4 Å². The number of esters is 1. The van der Waals surface area contributed by atoms with Gasteiger partial charge in [-0.15, -0.1) is 0 Å². The van der Waals surface area contributed by atoms with Gasteiger partial charge in [-0.05, 0) is 60.7 Å². The van der Waals surface area contributed by atoms with E-state index in [9.17, 15) is 9.59 Å². The maximum absolute atomic E-state index is 12.7. The second-order valence-corrected chi connectivity index (χ2v) is 9.48. The fourth-order valence-corrected chi connectivity index (χ4v) is 5.27. The Labute approximate surface area is 237 Å². The van der Waals surface area contributed by atoms with Crippen LogP contribution in [0.5, 0.6) is 5.75 Å². The monoisotopic (exact) mass is 555 g/mol. The average molecular weight is 556 g/mol. The molecule has 40 heavy (non-hydrogen) atoms. The molecule has 1 amide bonds. The SMILES string of the molecule is CCC(=O)Nc1ccc(N2C(=S)N[C@H](c3ccccn3)[C@H]2c2cccn2-c2ccccc2C(=O)OC)cc1OC. The van der Waals surface area contributed by atoms with E-state index in [1.165, 1.54) is 7.11 Å². The van der Waals surface area contributed by atoms with Crippen LogP contribution in [0.1, 0.15) is 47.2 Å². The molecule has 3 heterocycles. The highest BCUT2D eigenvalue weighted by atomic mass is 32.1. The average Bonchev–Trinajstić information content (AvgIpc) is 3.61. The third-order valence-electron chi connectivity index (χ3n) is 6.81. The number of methoxy groups -OCH3 is 2. The van der Waals surface area contributed by atoms with E-state index >= 15 is 0 Å². The number of amides is 1. The van der Waals surface area contributed by atoms with Gasteiger partial charge in [-0.1, -0.05) is 25.1 Å². The third-order valence-corrected chi connectivity index (χ3v) is 7.12. The highest BCUT2D eigenvalue weighted by molar-refractivity contribution is 7.80. The largest absolute Gasteiger partial charge is 0.494 e. The van der Waals surface area contributed by atoms with E-state index in [0.717, 1.165) is 17.1 Å². The Kier molecular flexibility index (Phi) is 7.79. The molecule has 0 radical (unpaired) electrons. The standard InChI is InChI=1S/C30H29N5O4S/c1-4-26(36)32-21-15-14-19(18-25(21)38-2)35-28(27(33-30(35)40)22-11-7-8-16-31-22)24-13-9-17-34(24)23-12-6-5-10-20(23)29(37)39-3/h5-18,27-28H,4H2,1-3H3,(H,32,36)(H,33,40)/t27-,28-/m1/s1. The molecule has 2 atom stereocenters. The van der Waals surface area contributed by atoms with Gasteiger partial charge in [-0.2, -0.15) is 0 Å². The summed E-state index contributed by atoms with van der Waals surface area (Å²) in [5.41, 5.74) is 4.15. The van der Waals surface area contributed by atoms with E-state index in [1.807, 2.05) is 70.3 Å². The molecule has 10 heteroatoms. The fraction of sp³-hybridized carbons (Fsp3) is 0.200. The summed E-state index contributed by atoms with van der Waals surface area (Å²) in [5, 5.41) is 6.84. The number of para-hydroxylation sites is 1. The number of nitrogens with zero attached hydrogens (tertiary/aromatic N) is 3. The molecule has 0 unspecified atom stereocenters. The summed E-state index contributed by atoms with van der Waals surface area (Å²) in [6.07, 6.45) is 4.01. The predicted octanol–water partition coefficient (Wildman–Crippen LogP) is 5.19. The summed E-state index contributed by atoms with van der Waals surface area (Å²) in [6.45, 7) is 1.79. The maximum Gasteiger partial charge on any atom is 0.339 e. The molecule has 0 spiro atoms. The zero-order chi connectivity index (χ0) is 28.2. The number of carbonyl (C=O) groups is 2. The lowest BCUT2D eigenvalue weighted by Crippen LogP contribution is -2.30. The predicted molar refractivity (Wildman–Crippen MR) is 157 cm³/mol. The Morgan fingerprint density at radius 1 is 1.05 bits per heavy atom. The number of hydrogen-bond donors (Lipinski definition) is 2. The summed E-state index contributed by atoms with van der Waals surface area (Å²) in [4.78, 5) is 31.4. The van der Waals surface area contributed by atoms with Crippen LogP contribution in [-0.4, -0.2) is 40.8 Å². The smallest absolute Gasteiger partial charge is 0.339 e. The zero-order valence-electron chi connectivity index (χ0n) is 22.3. The first-order valence-electron chi connectivity index (χ1n) is 12.8. The number of pyridine rings is 1. The Bertz CT molecular complexity index is 1550. The number of rotatable bonds is 8. The van der Waals surface area contributed by atoms with Crippen LogP contribution < -0.4 is 20.3 Å². The van der Waals surface area contributed by atoms with Crippen molar-refractivity contribution in [1.82, 2.24) is 14.9 Å². The number of benzene rings is 2. The third kappa shape index (κ3) is 5.01. The topological polar surface area (TPSA) is 97.7 Å². The molecule has 1 aliphatic rings. The van der Waals surface area contributed by atoms with E-state index in [4.69, 9.17) is 21.7 Å². The van der Waals surface area contributed by atoms with Crippen LogP contribution in [0, 0.1) is 0 Å². The first-order valence-corrected chi connectivity index (χ1v) is 13.2. The summed E-state index contributed by atoms with van der Waals surface area (Å²) in [5.74, 6) is -0.0314. The van der Waals surface area contributed by atoms with Crippen molar-refractivity contribution < 1.29 is 19.1 Å². The molecule has 0 bridgehead atoms. The van der Waals surface area contributed by atoms with Gasteiger partial charge in [0.15, 0.2) is 5.11 Å². The minimum atomic E-state index is -0.428. The molecule has 1 aliphatic heterocycles. The molecule has 4 aromatic rings. The summed E-state index contributed by atoms with van der Waals surface area (Å²) in [7, 11) is 2.93. The van der Waals surface area contributed by atoms with Crippen LogP contribution in [0.2, 0.25) is 0 Å². The molecule has 2 N–H and O–H groups in total. The van der Waals surface area contributed by atoms with Crippen LogP contribution in [0.3, 0.4) is 0 Å². The lowest BCUT2D eigenvalue weighted by atomic mass is 10.00. The number of hydrogen-bond acceptors (Lipinski definition) is 6. The number of thiocarbonyl (C=S) groups is 1. The molecular formula is C30H29N5O4S. The number of anilines is 2. The van der Waals surface area contributed by atoms with Crippen molar-refractivity contribution in [2.24, 2.45) is 0 Å². The van der Waals surface area contributed by atoms with Crippen LogP contribution in [-0.2, 0) is 9.53 Å². The van der Waals surface area contributed by atoms with Gasteiger partial charge in [0.25, 0.3) is 0 Å². The van der Waals surface area contributed by atoms with Crippen molar-refractivity contribution >= 4 is 40.6 Å². The van der Waals surface area contributed by atoms with Crippen LogP contribution in [0.4, 0.5) is 11.4 Å². The maximum atomic E-state index is 12.7. The van der Waals surface area contributed by atoms with Crippen LogP contribution in [0.15, 0.2) is 85.2 Å².